The summed E-state index contributed by atoms with van der Waals surface area (Å²) in [5.74, 6) is -0.569. The minimum absolute atomic E-state index is 0.0170. The van der Waals surface area contributed by atoms with E-state index in [1.54, 1.807) is 0 Å². The smallest absolute Gasteiger partial charge is 0.430 e. The van der Waals surface area contributed by atoms with Crippen molar-refractivity contribution in [1.82, 2.24) is 10.2 Å². The Morgan fingerprint density at radius 1 is 1.26 bits per heavy atom. The number of aromatic nitrogens is 2. The van der Waals surface area contributed by atoms with E-state index in [0.29, 0.717) is 0 Å². The number of benzene rings is 1. The van der Waals surface area contributed by atoms with Gasteiger partial charge >= 0.3 is 6.18 Å². The fraction of sp³-hybridized carbons (Fsp3) is 0.200. The van der Waals surface area contributed by atoms with E-state index in [0.717, 1.165) is 6.07 Å². The van der Waals surface area contributed by atoms with Crippen LogP contribution >= 0.6 is 11.3 Å². The van der Waals surface area contributed by atoms with Gasteiger partial charge in [-0.2, -0.15) is 13.2 Å². The molecule has 19 heavy (non-hydrogen) atoms. The molecule has 9 heteroatoms. The Morgan fingerprint density at radius 2 is 2.00 bits per heavy atom. The van der Waals surface area contributed by atoms with Gasteiger partial charge in [0.15, 0.2) is 0 Å². The first-order valence-electron chi connectivity index (χ1n) is 4.97. The van der Waals surface area contributed by atoms with E-state index in [-0.39, 0.29) is 34.4 Å². The summed E-state index contributed by atoms with van der Waals surface area (Å²) in [6.45, 7) is 0.0170. The average molecular weight is 293 g/mol. The second-order valence-electron chi connectivity index (χ2n) is 3.43. The maximum absolute atomic E-state index is 13.4. The van der Waals surface area contributed by atoms with Gasteiger partial charge < -0.3 is 10.5 Å². The summed E-state index contributed by atoms with van der Waals surface area (Å²) in [6, 6.07) is 3.80. The van der Waals surface area contributed by atoms with Gasteiger partial charge in [-0.3, -0.25) is 0 Å². The summed E-state index contributed by atoms with van der Waals surface area (Å²) in [6.07, 6.45) is -4.58. The molecule has 1 aromatic carbocycles. The number of ether oxygens (including phenoxy) is 1. The van der Waals surface area contributed by atoms with E-state index in [2.05, 4.69) is 10.2 Å². The van der Waals surface area contributed by atoms with E-state index in [9.17, 15) is 17.6 Å². The highest BCUT2D eigenvalue weighted by Crippen LogP contribution is 2.35. The van der Waals surface area contributed by atoms with Crippen LogP contribution in [0.15, 0.2) is 18.2 Å². The van der Waals surface area contributed by atoms with Crippen LogP contribution in [0.3, 0.4) is 0 Å². The molecular weight excluding hydrogens is 286 g/mol. The maximum Gasteiger partial charge on any atom is 0.445 e. The molecule has 0 unspecified atom stereocenters. The molecular formula is C10H7F4N3OS. The molecule has 2 N–H and O–H groups in total. The Kier molecular flexibility index (Phi) is 3.67. The number of nitrogens with zero attached hydrogens (tertiary/aromatic N) is 2. The van der Waals surface area contributed by atoms with E-state index >= 15 is 0 Å². The molecule has 0 aliphatic heterocycles. The highest BCUT2D eigenvalue weighted by Gasteiger charge is 2.36. The molecule has 4 nitrogen and oxygen atoms in total. The van der Waals surface area contributed by atoms with E-state index in [1.165, 1.54) is 12.1 Å². The predicted molar refractivity (Wildman–Crippen MR) is 59.3 cm³/mol. The monoisotopic (exact) mass is 293 g/mol. The molecule has 0 spiro atoms. The van der Waals surface area contributed by atoms with E-state index in [4.69, 9.17) is 10.5 Å². The largest absolute Gasteiger partial charge is 0.445 e. The molecule has 0 radical (unpaired) electrons. The van der Waals surface area contributed by atoms with Crippen molar-refractivity contribution in [2.75, 3.05) is 0 Å². The summed E-state index contributed by atoms with van der Waals surface area (Å²) in [5.41, 5.74) is 5.56. The van der Waals surface area contributed by atoms with Crippen LogP contribution in [0.5, 0.6) is 10.9 Å². The molecule has 0 bridgehead atoms. The molecule has 2 rings (SSSR count). The molecule has 0 saturated carbocycles. The zero-order valence-corrected chi connectivity index (χ0v) is 10.1. The Labute approximate surface area is 108 Å². The highest BCUT2D eigenvalue weighted by molar-refractivity contribution is 7.13. The van der Waals surface area contributed by atoms with Gasteiger partial charge in [0.05, 0.1) is 0 Å². The van der Waals surface area contributed by atoms with Crippen LogP contribution in [0.2, 0.25) is 0 Å². The number of nitrogens with two attached hydrogens (primary N) is 1. The number of rotatable bonds is 3. The van der Waals surface area contributed by atoms with Crippen LogP contribution in [-0.2, 0) is 12.7 Å². The molecule has 0 amide bonds. The summed E-state index contributed by atoms with van der Waals surface area (Å²) in [4.78, 5) is 0. The van der Waals surface area contributed by atoms with Crippen molar-refractivity contribution >= 4 is 11.3 Å². The molecule has 0 aliphatic carbocycles. The lowest BCUT2D eigenvalue weighted by Gasteiger charge is -2.03. The standard InChI is InChI=1S/C10H7F4N3OS/c11-7-3-6(2-1-5(7)4-15)18-9-17-16-8(19-9)10(12,13)14/h1-3H,4,15H2. The van der Waals surface area contributed by atoms with Crippen LogP contribution < -0.4 is 10.5 Å². The van der Waals surface area contributed by atoms with Crippen LogP contribution in [0.1, 0.15) is 10.6 Å². The molecule has 0 fully saturated rings. The summed E-state index contributed by atoms with van der Waals surface area (Å²) in [7, 11) is 0. The van der Waals surface area contributed by atoms with Crippen LogP contribution in [-0.4, -0.2) is 10.2 Å². The lowest BCUT2D eigenvalue weighted by atomic mass is 10.2. The topological polar surface area (TPSA) is 61.0 Å². The average Bonchev–Trinajstić information content (AvgIpc) is 2.77. The summed E-state index contributed by atoms with van der Waals surface area (Å²) in [5, 5.41) is 4.74. The Bertz CT molecular complexity index is 584. The highest BCUT2D eigenvalue weighted by atomic mass is 32.1. The molecule has 2 aromatic rings. The summed E-state index contributed by atoms with van der Waals surface area (Å²) >= 11 is 0.234. The van der Waals surface area contributed by atoms with E-state index < -0.39 is 17.0 Å². The van der Waals surface area contributed by atoms with Crippen molar-refractivity contribution in [2.24, 2.45) is 5.73 Å². The van der Waals surface area contributed by atoms with Crippen molar-refractivity contribution in [3.05, 3.63) is 34.6 Å². The Morgan fingerprint density at radius 3 is 2.53 bits per heavy atom. The molecule has 0 saturated heterocycles. The van der Waals surface area contributed by atoms with E-state index in [1.807, 2.05) is 0 Å². The SMILES string of the molecule is NCc1ccc(Oc2nnc(C(F)(F)F)s2)cc1F. The fourth-order valence-electron chi connectivity index (χ4n) is 1.22. The third kappa shape index (κ3) is 3.18. The number of halogens is 4. The first-order valence-corrected chi connectivity index (χ1v) is 5.79. The predicted octanol–water partition coefficient (Wildman–Crippen LogP) is 2.95. The second-order valence-corrected chi connectivity index (χ2v) is 4.37. The first-order chi connectivity index (χ1) is 8.90. The Hall–Kier alpha value is -1.74. The third-order valence-corrected chi connectivity index (χ3v) is 2.94. The van der Waals surface area contributed by atoms with Gasteiger partial charge in [0.2, 0.25) is 5.01 Å². The lowest BCUT2D eigenvalue weighted by Crippen LogP contribution is -2.03. The van der Waals surface area contributed by atoms with Gasteiger partial charge in [-0.15, -0.1) is 5.10 Å². The fourth-order valence-corrected chi connectivity index (χ4v) is 1.81. The quantitative estimate of drug-likeness (QED) is 0.884. The van der Waals surface area contributed by atoms with Gasteiger partial charge in [-0.25, -0.2) is 4.39 Å². The minimum atomic E-state index is -4.58. The normalized spacial score (nSPS) is 11.6. The molecule has 0 atom stereocenters. The maximum atomic E-state index is 13.4. The summed E-state index contributed by atoms with van der Waals surface area (Å²) < 4.78 is 55.2. The molecule has 102 valence electrons. The number of alkyl halides is 3. The number of hydrogen-bond acceptors (Lipinski definition) is 5. The number of hydrogen-bond donors (Lipinski definition) is 1. The van der Waals surface area contributed by atoms with Crippen molar-refractivity contribution < 1.29 is 22.3 Å². The third-order valence-electron chi connectivity index (χ3n) is 2.10. The van der Waals surface area contributed by atoms with Crippen LogP contribution in [0.4, 0.5) is 17.6 Å². The zero-order chi connectivity index (χ0) is 14.0. The minimum Gasteiger partial charge on any atom is -0.430 e. The van der Waals surface area contributed by atoms with Crippen LogP contribution in [0, 0.1) is 5.82 Å². The molecule has 1 aromatic heterocycles. The molecule has 1 heterocycles. The van der Waals surface area contributed by atoms with Gasteiger partial charge in [0.1, 0.15) is 11.6 Å². The first kappa shape index (κ1) is 13.7. The van der Waals surface area contributed by atoms with Crippen molar-refractivity contribution in [3.63, 3.8) is 0 Å². The van der Waals surface area contributed by atoms with Crippen LogP contribution in [0.25, 0.3) is 0 Å². The lowest BCUT2D eigenvalue weighted by molar-refractivity contribution is -0.138. The van der Waals surface area contributed by atoms with Gasteiger partial charge in [-0.05, 0) is 6.07 Å². The van der Waals surface area contributed by atoms with Gasteiger partial charge in [-0.1, -0.05) is 22.5 Å². The van der Waals surface area contributed by atoms with Crippen molar-refractivity contribution in [2.45, 2.75) is 12.7 Å². The van der Waals surface area contributed by atoms with Crippen molar-refractivity contribution in [3.8, 4) is 10.9 Å². The van der Waals surface area contributed by atoms with Gasteiger partial charge in [0, 0.05) is 18.2 Å². The Balaban J connectivity index is 2.17. The van der Waals surface area contributed by atoms with Gasteiger partial charge in [0.25, 0.3) is 5.19 Å². The zero-order valence-electron chi connectivity index (χ0n) is 9.24. The second kappa shape index (κ2) is 5.10. The van der Waals surface area contributed by atoms with Crippen molar-refractivity contribution in [1.29, 1.82) is 0 Å². The molecule has 0 aliphatic rings.